The van der Waals surface area contributed by atoms with Crippen LogP contribution in [0.1, 0.15) is 37.2 Å². The van der Waals surface area contributed by atoms with Gasteiger partial charge in [-0.15, -0.1) is 0 Å². The first kappa shape index (κ1) is 11.8. The van der Waals surface area contributed by atoms with Crippen LogP contribution in [-0.4, -0.2) is 20.6 Å². The van der Waals surface area contributed by atoms with Crippen molar-refractivity contribution in [2.45, 2.75) is 39.2 Å². The fourth-order valence-electron chi connectivity index (χ4n) is 1.91. The molecule has 1 saturated carbocycles. The van der Waals surface area contributed by atoms with Crippen molar-refractivity contribution in [3.8, 4) is 0 Å². The number of aryl methyl sites for hydroxylation is 1. The summed E-state index contributed by atoms with van der Waals surface area (Å²) in [6, 6.07) is 0.273. The standard InChI is InChI=1S/C12H16N2O3/c1-7(12(16)17)5-9-6-13-8(2)14(11(9)15)10-3-4-10/h6-7,10H,3-5H2,1-2H3,(H,16,17). The van der Waals surface area contributed by atoms with E-state index in [1.807, 2.05) is 6.92 Å². The summed E-state index contributed by atoms with van der Waals surface area (Å²) in [5.41, 5.74) is 0.422. The highest BCUT2D eigenvalue weighted by Gasteiger charge is 2.27. The predicted molar refractivity (Wildman–Crippen MR) is 62.0 cm³/mol. The minimum absolute atomic E-state index is 0.0758. The van der Waals surface area contributed by atoms with E-state index in [1.54, 1.807) is 11.5 Å². The van der Waals surface area contributed by atoms with Crippen molar-refractivity contribution in [2.24, 2.45) is 5.92 Å². The van der Waals surface area contributed by atoms with Gasteiger partial charge in [0.25, 0.3) is 5.56 Å². The first-order chi connectivity index (χ1) is 8.00. The highest BCUT2D eigenvalue weighted by molar-refractivity contribution is 5.69. The molecule has 1 aromatic rings. The Balaban J connectivity index is 2.33. The number of carboxylic acids is 1. The van der Waals surface area contributed by atoms with Crippen molar-refractivity contribution in [3.63, 3.8) is 0 Å². The average Bonchev–Trinajstić information content (AvgIpc) is 3.06. The molecule has 1 unspecified atom stereocenters. The monoisotopic (exact) mass is 236 g/mol. The zero-order chi connectivity index (χ0) is 12.6. The van der Waals surface area contributed by atoms with Crippen LogP contribution in [0.25, 0.3) is 0 Å². The Morgan fingerprint density at radius 1 is 1.65 bits per heavy atom. The highest BCUT2D eigenvalue weighted by atomic mass is 16.4. The molecule has 1 aliphatic rings. The lowest BCUT2D eigenvalue weighted by atomic mass is 10.0. The van der Waals surface area contributed by atoms with Gasteiger partial charge in [-0.2, -0.15) is 0 Å². The van der Waals surface area contributed by atoms with E-state index in [4.69, 9.17) is 5.11 Å². The van der Waals surface area contributed by atoms with Gasteiger partial charge in [-0.25, -0.2) is 4.98 Å². The molecule has 92 valence electrons. The second-order valence-corrected chi connectivity index (χ2v) is 4.68. The molecule has 1 aliphatic carbocycles. The lowest BCUT2D eigenvalue weighted by molar-refractivity contribution is -0.141. The molecule has 5 nitrogen and oxygen atoms in total. The largest absolute Gasteiger partial charge is 0.481 e. The van der Waals surface area contributed by atoms with Crippen molar-refractivity contribution in [2.75, 3.05) is 0 Å². The summed E-state index contributed by atoms with van der Waals surface area (Å²) in [7, 11) is 0. The molecular weight excluding hydrogens is 220 g/mol. The van der Waals surface area contributed by atoms with Crippen LogP contribution in [0.5, 0.6) is 0 Å². The molecule has 5 heteroatoms. The Hall–Kier alpha value is -1.65. The second kappa shape index (κ2) is 4.31. The van der Waals surface area contributed by atoms with Crippen molar-refractivity contribution < 1.29 is 9.90 Å². The van der Waals surface area contributed by atoms with Crippen LogP contribution in [0.4, 0.5) is 0 Å². The topological polar surface area (TPSA) is 72.2 Å². The van der Waals surface area contributed by atoms with Gasteiger partial charge in [0.05, 0.1) is 5.92 Å². The van der Waals surface area contributed by atoms with E-state index in [2.05, 4.69) is 4.98 Å². The van der Waals surface area contributed by atoms with Crippen molar-refractivity contribution in [1.29, 1.82) is 0 Å². The van der Waals surface area contributed by atoms with E-state index in [-0.39, 0.29) is 18.0 Å². The van der Waals surface area contributed by atoms with Crippen LogP contribution in [0, 0.1) is 12.8 Å². The lowest BCUT2D eigenvalue weighted by Crippen LogP contribution is -2.28. The van der Waals surface area contributed by atoms with Gasteiger partial charge in [0.1, 0.15) is 5.82 Å². The van der Waals surface area contributed by atoms with Crippen LogP contribution in [0.3, 0.4) is 0 Å². The van der Waals surface area contributed by atoms with Gasteiger partial charge in [0.15, 0.2) is 0 Å². The Labute approximate surface area is 99.1 Å². The number of nitrogens with zero attached hydrogens (tertiary/aromatic N) is 2. The average molecular weight is 236 g/mol. The van der Waals surface area contributed by atoms with Gasteiger partial charge in [-0.05, 0) is 26.2 Å². The molecule has 0 bridgehead atoms. The first-order valence-corrected chi connectivity index (χ1v) is 5.80. The summed E-state index contributed by atoms with van der Waals surface area (Å²) in [6.07, 6.45) is 3.78. The van der Waals surface area contributed by atoms with Crippen molar-refractivity contribution in [3.05, 3.63) is 27.9 Å². The SMILES string of the molecule is Cc1ncc(CC(C)C(=O)O)c(=O)n1C1CC1. The number of carboxylic acid groups (broad SMARTS) is 1. The van der Waals surface area contributed by atoms with E-state index >= 15 is 0 Å². The molecule has 0 aliphatic heterocycles. The smallest absolute Gasteiger partial charge is 0.306 e. The van der Waals surface area contributed by atoms with E-state index in [9.17, 15) is 9.59 Å². The molecule has 2 rings (SSSR count). The third-order valence-electron chi connectivity index (χ3n) is 3.11. The van der Waals surface area contributed by atoms with Crippen LogP contribution < -0.4 is 5.56 Å². The third-order valence-corrected chi connectivity index (χ3v) is 3.11. The number of aromatic nitrogens is 2. The summed E-state index contributed by atoms with van der Waals surface area (Å²) in [4.78, 5) is 27.1. The van der Waals surface area contributed by atoms with Gasteiger partial charge < -0.3 is 5.11 Å². The fraction of sp³-hybridized carbons (Fsp3) is 0.583. The zero-order valence-electron chi connectivity index (χ0n) is 10.0. The Kier molecular flexibility index (Phi) is 3.00. The minimum Gasteiger partial charge on any atom is -0.481 e. The summed E-state index contributed by atoms with van der Waals surface area (Å²) in [5, 5.41) is 8.85. The van der Waals surface area contributed by atoms with Crippen LogP contribution in [0.2, 0.25) is 0 Å². The Morgan fingerprint density at radius 2 is 2.29 bits per heavy atom. The molecule has 0 spiro atoms. The summed E-state index contributed by atoms with van der Waals surface area (Å²) < 4.78 is 1.70. The molecule has 17 heavy (non-hydrogen) atoms. The summed E-state index contributed by atoms with van der Waals surface area (Å²) in [5.74, 6) is -0.730. The molecule has 0 amide bonds. The highest BCUT2D eigenvalue weighted by Crippen LogP contribution is 2.34. The molecular formula is C12H16N2O3. The van der Waals surface area contributed by atoms with E-state index in [0.29, 0.717) is 11.4 Å². The fourth-order valence-corrected chi connectivity index (χ4v) is 1.91. The number of rotatable bonds is 4. The number of carbonyl (C=O) groups is 1. The Bertz CT molecular complexity index is 503. The molecule has 1 atom stereocenters. The molecule has 1 aromatic heterocycles. The van der Waals surface area contributed by atoms with Crippen molar-refractivity contribution in [1.82, 2.24) is 9.55 Å². The summed E-state index contributed by atoms with van der Waals surface area (Å²) in [6.45, 7) is 3.41. The number of hydrogen-bond donors (Lipinski definition) is 1. The van der Waals surface area contributed by atoms with Gasteiger partial charge in [-0.3, -0.25) is 14.2 Å². The molecule has 0 aromatic carbocycles. The molecule has 0 saturated heterocycles. The third kappa shape index (κ3) is 2.38. The van der Waals surface area contributed by atoms with E-state index in [0.717, 1.165) is 12.8 Å². The molecule has 1 heterocycles. The molecule has 1 fully saturated rings. The lowest BCUT2D eigenvalue weighted by Gasteiger charge is -2.11. The number of hydrogen-bond acceptors (Lipinski definition) is 3. The van der Waals surface area contributed by atoms with Gasteiger partial charge in [0, 0.05) is 17.8 Å². The zero-order valence-corrected chi connectivity index (χ0v) is 10.0. The predicted octanol–water partition coefficient (Wildman–Crippen LogP) is 1.15. The molecule has 1 N–H and O–H groups in total. The van der Waals surface area contributed by atoms with Crippen LogP contribution in [0.15, 0.2) is 11.0 Å². The maximum atomic E-state index is 12.2. The van der Waals surface area contributed by atoms with E-state index in [1.165, 1.54) is 6.20 Å². The minimum atomic E-state index is -0.886. The maximum Gasteiger partial charge on any atom is 0.306 e. The quantitative estimate of drug-likeness (QED) is 0.851. The van der Waals surface area contributed by atoms with Gasteiger partial charge in [-0.1, -0.05) is 6.92 Å². The summed E-state index contributed by atoms with van der Waals surface area (Å²) >= 11 is 0. The van der Waals surface area contributed by atoms with Crippen LogP contribution in [-0.2, 0) is 11.2 Å². The molecule has 0 radical (unpaired) electrons. The van der Waals surface area contributed by atoms with Crippen molar-refractivity contribution >= 4 is 5.97 Å². The second-order valence-electron chi connectivity index (χ2n) is 4.68. The Morgan fingerprint density at radius 3 is 2.82 bits per heavy atom. The van der Waals surface area contributed by atoms with Gasteiger partial charge in [0.2, 0.25) is 0 Å². The number of aliphatic carboxylic acids is 1. The normalized spacial score (nSPS) is 16.8. The van der Waals surface area contributed by atoms with E-state index < -0.39 is 11.9 Å². The first-order valence-electron chi connectivity index (χ1n) is 5.80. The van der Waals surface area contributed by atoms with Crippen LogP contribution >= 0.6 is 0 Å². The maximum absolute atomic E-state index is 12.2. The van der Waals surface area contributed by atoms with Gasteiger partial charge >= 0.3 is 5.97 Å².